The quantitative estimate of drug-likeness (QED) is 0.859. The Hall–Kier alpha value is -2.76. The summed E-state index contributed by atoms with van der Waals surface area (Å²) in [6.45, 7) is 4.81. The molecule has 2 unspecified atom stereocenters. The van der Waals surface area contributed by atoms with Crippen LogP contribution < -0.4 is 20.1 Å². The van der Waals surface area contributed by atoms with Crippen molar-refractivity contribution in [3.63, 3.8) is 0 Å². The minimum absolute atomic E-state index is 0.195. The molecule has 0 spiro atoms. The van der Waals surface area contributed by atoms with Gasteiger partial charge in [-0.25, -0.2) is 9.18 Å². The standard InChI is InChI=1S/C20H23FN2O3/c1-13(11-16-5-3-4-6-17(16)21)22-20(24)23-14(2)15-7-8-18-19(12-15)26-10-9-25-18/h3-8,12-14H,9-11H2,1-2H3,(H2,22,23,24). The highest BCUT2D eigenvalue weighted by atomic mass is 19.1. The number of ether oxygens (including phenoxy) is 2. The molecular formula is C20H23FN2O3. The van der Waals surface area contributed by atoms with Crippen molar-refractivity contribution in [2.45, 2.75) is 32.4 Å². The maximum atomic E-state index is 13.7. The van der Waals surface area contributed by atoms with Crippen LogP contribution in [0.4, 0.5) is 9.18 Å². The summed E-state index contributed by atoms with van der Waals surface area (Å²) in [5.74, 6) is 1.15. The van der Waals surface area contributed by atoms with Gasteiger partial charge < -0.3 is 20.1 Å². The summed E-state index contributed by atoms with van der Waals surface area (Å²) in [5, 5.41) is 5.74. The van der Waals surface area contributed by atoms with Gasteiger partial charge in [-0.05, 0) is 49.6 Å². The first-order valence-electron chi connectivity index (χ1n) is 8.73. The molecule has 2 aromatic carbocycles. The van der Waals surface area contributed by atoms with Crippen LogP contribution in [0.2, 0.25) is 0 Å². The lowest BCUT2D eigenvalue weighted by molar-refractivity contribution is 0.171. The molecule has 1 aliphatic heterocycles. The van der Waals surface area contributed by atoms with Crippen molar-refractivity contribution in [2.24, 2.45) is 0 Å². The molecule has 2 amide bonds. The molecular weight excluding hydrogens is 335 g/mol. The van der Waals surface area contributed by atoms with Crippen molar-refractivity contribution in [3.8, 4) is 11.5 Å². The average molecular weight is 358 g/mol. The van der Waals surface area contributed by atoms with E-state index in [1.54, 1.807) is 18.2 Å². The molecule has 0 aromatic heterocycles. The van der Waals surface area contributed by atoms with Crippen LogP contribution in [-0.2, 0) is 6.42 Å². The maximum Gasteiger partial charge on any atom is 0.315 e. The molecule has 5 nitrogen and oxygen atoms in total. The van der Waals surface area contributed by atoms with Gasteiger partial charge in [-0.15, -0.1) is 0 Å². The number of nitrogens with one attached hydrogen (secondary N) is 2. The molecule has 1 aliphatic rings. The molecule has 0 radical (unpaired) electrons. The van der Waals surface area contributed by atoms with E-state index in [1.165, 1.54) is 6.07 Å². The summed E-state index contributed by atoms with van der Waals surface area (Å²) in [6, 6.07) is 11.5. The van der Waals surface area contributed by atoms with Crippen molar-refractivity contribution in [2.75, 3.05) is 13.2 Å². The molecule has 2 N–H and O–H groups in total. The third-order valence-corrected chi connectivity index (χ3v) is 4.28. The van der Waals surface area contributed by atoms with E-state index in [-0.39, 0.29) is 23.9 Å². The molecule has 1 heterocycles. The van der Waals surface area contributed by atoms with E-state index in [0.29, 0.717) is 30.9 Å². The molecule has 138 valence electrons. The summed E-state index contributed by atoms with van der Waals surface area (Å²) < 4.78 is 24.8. The minimum atomic E-state index is -0.295. The average Bonchev–Trinajstić information content (AvgIpc) is 2.63. The zero-order valence-electron chi connectivity index (χ0n) is 14.9. The lowest BCUT2D eigenvalue weighted by Gasteiger charge is -2.22. The van der Waals surface area contributed by atoms with Crippen LogP contribution in [0.15, 0.2) is 42.5 Å². The molecule has 0 fully saturated rings. The van der Waals surface area contributed by atoms with Crippen LogP contribution in [0, 0.1) is 5.82 Å². The Morgan fingerprint density at radius 2 is 1.81 bits per heavy atom. The van der Waals surface area contributed by atoms with Gasteiger partial charge in [-0.2, -0.15) is 0 Å². The summed E-state index contributed by atoms with van der Waals surface area (Å²) in [4.78, 5) is 12.2. The van der Waals surface area contributed by atoms with E-state index in [9.17, 15) is 9.18 Å². The van der Waals surface area contributed by atoms with Crippen LogP contribution in [0.5, 0.6) is 11.5 Å². The van der Waals surface area contributed by atoms with Gasteiger partial charge in [0.1, 0.15) is 19.0 Å². The van der Waals surface area contributed by atoms with Crippen LogP contribution in [-0.4, -0.2) is 25.3 Å². The Morgan fingerprint density at radius 3 is 2.58 bits per heavy atom. The second-order valence-corrected chi connectivity index (χ2v) is 6.44. The first-order chi connectivity index (χ1) is 12.5. The number of urea groups is 1. The monoisotopic (exact) mass is 358 g/mol. The molecule has 6 heteroatoms. The molecule has 0 bridgehead atoms. The topological polar surface area (TPSA) is 59.6 Å². The van der Waals surface area contributed by atoms with Gasteiger partial charge >= 0.3 is 6.03 Å². The van der Waals surface area contributed by atoms with Crippen molar-refractivity contribution in [1.82, 2.24) is 10.6 Å². The van der Waals surface area contributed by atoms with Crippen LogP contribution in [0.3, 0.4) is 0 Å². The first-order valence-corrected chi connectivity index (χ1v) is 8.73. The summed E-state index contributed by atoms with van der Waals surface area (Å²) >= 11 is 0. The number of carbonyl (C=O) groups is 1. The highest BCUT2D eigenvalue weighted by Gasteiger charge is 2.17. The number of amides is 2. The summed E-state index contributed by atoms with van der Waals surface area (Å²) in [7, 11) is 0. The Morgan fingerprint density at radius 1 is 1.08 bits per heavy atom. The number of fused-ring (bicyclic) bond motifs is 1. The first kappa shape index (κ1) is 18.0. The highest BCUT2D eigenvalue weighted by molar-refractivity contribution is 5.74. The summed E-state index contributed by atoms with van der Waals surface area (Å²) in [6.07, 6.45) is 0.429. The number of carbonyl (C=O) groups excluding carboxylic acids is 1. The van der Waals surface area contributed by atoms with Gasteiger partial charge in [-0.3, -0.25) is 0 Å². The SMILES string of the molecule is CC(Cc1ccccc1F)NC(=O)NC(C)c1ccc2c(c1)OCCO2. The van der Waals surface area contributed by atoms with E-state index in [4.69, 9.17) is 9.47 Å². The van der Waals surface area contributed by atoms with Crippen LogP contribution in [0.25, 0.3) is 0 Å². The lowest BCUT2D eigenvalue weighted by atomic mass is 10.1. The predicted molar refractivity (Wildman–Crippen MR) is 97.1 cm³/mol. The zero-order chi connectivity index (χ0) is 18.5. The highest BCUT2D eigenvalue weighted by Crippen LogP contribution is 2.32. The fourth-order valence-electron chi connectivity index (χ4n) is 2.92. The van der Waals surface area contributed by atoms with Crippen molar-refractivity contribution in [1.29, 1.82) is 0 Å². The van der Waals surface area contributed by atoms with E-state index in [2.05, 4.69) is 10.6 Å². The Kier molecular flexibility index (Phi) is 5.61. The summed E-state index contributed by atoms with van der Waals surface area (Å²) in [5.41, 5.74) is 1.51. The van der Waals surface area contributed by atoms with Crippen molar-refractivity contribution in [3.05, 3.63) is 59.4 Å². The number of rotatable bonds is 5. The molecule has 0 aliphatic carbocycles. The van der Waals surface area contributed by atoms with Gasteiger partial charge in [0.15, 0.2) is 11.5 Å². The zero-order valence-corrected chi connectivity index (χ0v) is 14.9. The van der Waals surface area contributed by atoms with E-state index < -0.39 is 0 Å². The fourth-order valence-corrected chi connectivity index (χ4v) is 2.92. The Balaban J connectivity index is 1.55. The molecule has 0 saturated carbocycles. The van der Waals surface area contributed by atoms with Gasteiger partial charge in [0.25, 0.3) is 0 Å². The van der Waals surface area contributed by atoms with Gasteiger partial charge in [-0.1, -0.05) is 24.3 Å². The molecule has 2 atom stereocenters. The predicted octanol–water partition coefficient (Wildman–Crippen LogP) is 3.59. The fraction of sp³-hybridized carbons (Fsp3) is 0.350. The van der Waals surface area contributed by atoms with E-state index in [1.807, 2.05) is 32.0 Å². The second-order valence-electron chi connectivity index (χ2n) is 6.44. The normalized spacial score (nSPS) is 15.0. The Bertz CT molecular complexity index is 781. The third kappa shape index (κ3) is 4.45. The van der Waals surface area contributed by atoms with Gasteiger partial charge in [0, 0.05) is 6.04 Å². The van der Waals surface area contributed by atoms with Crippen LogP contribution in [0.1, 0.15) is 31.0 Å². The molecule has 2 aromatic rings. The Labute approximate surface area is 152 Å². The molecule has 0 saturated heterocycles. The molecule has 26 heavy (non-hydrogen) atoms. The lowest BCUT2D eigenvalue weighted by Crippen LogP contribution is -2.42. The van der Waals surface area contributed by atoms with Crippen molar-refractivity contribution >= 4 is 6.03 Å². The molecule has 3 rings (SSSR count). The third-order valence-electron chi connectivity index (χ3n) is 4.28. The number of benzene rings is 2. The number of halogens is 1. The second kappa shape index (κ2) is 8.08. The minimum Gasteiger partial charge on any atom is -0.486 e. The van der Waals surface area contributed by atoms with Crippen molar-refractivity contribution < 1.29 is 18.7 Å². The maximum absolute atomic E-state index is 13.7. The van der Waals surface area contributed by atoms with Crippen LogP contribution >= 0.6 is 0 Å². The largest absolute Gasteiger partial charge is 0.486 e. The smallest absolute Gasteiger partial charge is 0.315 e. The van der Waals surface area contributed by atoms with Gasteiger partial charge in [0.05, 0.1) is 6.04 Å². The van der Waals surface area contributed by atoms with Gasteiger partial charge in [0.2, 0.25) is 0 Å². The number of hydrogen-bond acceptors (Lipinski definition) is 3. The number of hydrogen-bond donors (Lipinski definition) is 2. The van der Waals surface area contributed by atoms with E-state index >= 15 is 0 Å². The van der Waals surface area contributed by atoms with E-state index in [0.717, 1.165) is 11.3 Å².